The Morgan fingerprint density at radius 3 is 2.31 bits per heavy atom. The summed E-state index contributed by atoms with van der Waals surface area (Å²) in [6.45, 7) is 16.4. The predicted octanol–water partition coefficient (Wildman–Crippen LogP) is 3.93. The van der Waals surface area contributed by atoms with Crippen LogP contribution in [-0.4, -0.2) is 64.3 Å². The largest absolute Gasteiger partial charge is 0.453 e. The average molecular weight is 511 g/mol. The molecule has 1 aliphatic heterocycles. The zero-order valence-electron chi connectivity index (χ0n) is 22.5. The molecule has 0 aromatic heterocycles. The summed E-state index contributed by atoms with van der Waals surface area (Å²) in [7, 11) is -0.979. The molecular formula is C25H42N2O7Si. The zero-order valence-corrected chi connectivity index (χ0v) is 23.5. The lowest BCUT2D eigenvalue weighted by Crippen LogP contribution is -2.59. The lowest BCUT2D eigenvalue weighted by atomic mass is 10.1. The quantitative estimate of drug-likeness (QED) is 0.363. The van der Waals surface area contributed by atoms with Crippen molar-refractivity contribution in [3.05, 3.63) is 35.9 Å². The van der Waals surface area contributed by atoms with E-state index in [9.17, 15) is 9.59 Å². The van der Waals surface area contributed by atoms with Gasteiger partial charge in [0.25, 0.3) is 0 Å². The van der Waals surface area contributed by atoms with Gasteiger partial charge in [-0.3, -0.25) is 4.79 Å². The lowest BCUT2D eigenvalue weighted by Gasteiger charge is -2.40. The molecule has 1 fully saturated rings. The molecule has 35 heavy (non-hydrogen) atoms. The Bertz CT molecular complexity index is 842. The van der Waals surface area contributed by atoms with Gasteiger partial charge in [0.2, 0.25) is 5.91 Å². The molecule has 1 aliphatic rings. The minimum absolute atomic E-state index is 0.0739. The number of alkyl carbamates (subject to hydrolysis) is 1. The summed E-state index contributed by atoms with van der Waals surface area (Å²) in [5, 5.41) is 5.45. The van der Waals surface area contributed by atoms with Crippen molar-refractivity contribution in [3.8, 4) is 0 Å². The van der Waals surface area contributed by atoms with Crippen LogP contribution in [-0.2, 0) is 34.8 Å². The summed E-state index contributed by atoms with van der Waals surface area (Å²) in [4.78, 5) is 25.6. The van der Waals surface area contributed by atoms with Crippen LogP contribution in [0.1, 0.15) is 47.1 Å². The zero-order chi connectivity index (χ0) is 26.4. The van der Waals surface area contributed by atoms with Gasteiger partial charge < -0.3 is 34.0 Å². The number of methoxy groups -OCH3 is 1. The number of carbonyl (C=O) groups is 2. The first-order chi connectivity index (χ1) is 16.1. The first-order valence-corrected chi connectivity index (χ1v) is 14.9. The molecule has 0 bridgehead atoms. The van der Waals surface area contributed by atoms with E-state index in [0.717, 1.165) is 5.56 Å². The van der Waals surface area contributed by atoms with Crippen LogP contribution in [0.2, 0.25) is 18.1 Å². The van der Waals surface area contributed by atoms with Crippen LogP contribution in [0.3, 0.4) is 0 Å². The summed E-state index contributed by atoms with van der Waals surface area (Å²) in [5.74, 6) is -1.26. The maximum Gasteiger partial charge on any atom is 0.407 e. The Kier molecular flexibility index (Phi) is 9.89. The van der Waals surface area contributed by atoms with Gasteiger partial charge in [0.1, 0.15) is 12.1 Å². The van der Waals surface area contributed by atoms with Crippen LogP contribution in [0.4, 0.5) is 4.79 Å². The third-order valence-corrected chi connectivity index (χ3v) is 11.0. The highest BCUT2D eigenvalue weighted by Crippen LogP contribution is 2.37. The van der Waals surface area contributed by atoms with Gasteiger partial charge in [-0.25, -0.2) is 4.79 Å². The number of hydrogen-bond acceptors (Lipinski definition) is 7. The number of amides is 2. The van der Waals surface area contributed by atoms with E-state index >= 15 is 0 Å². The molecule has 0 radical (unpaired) electrons. The molecule has 0 saturated carbocycles. The third-order valence-electron chi connectivity index (χ3n) is 6.42. The number of rotatable bonds is 10. The molecule has 4 atom stereocenters. The Balaban J connectivity index is 2.22. The highest BCUT2D eigenvalue weighted by Gasteiger charge is 2.43. The smallest absolute Gasteiger partial charge is 0.407 e. The van der Waals surface area contributed by atoms with Crippen molar-refractivity contribution in [2.75, 3.05) is 13.7 Å². The Morgan fingerprint density at radius 2 is 1.80 bits per heavy atom. The summed E-state index contributed by atoms with van der Waals surface area (Å²) < 4.78 is 28.9. The van der Waals surface area contributed by atoms with Crippen molar-refractivity contribution in [3.63, 3.8) is 0 Å². The third kappa shape index (κ3) is 8.57. The molecule has 1 aromatic carbocycles. The van der Waals surface area contributed by atoms with Crippen molar-refractivity contribution in [2.45, 2.75) is 96.5 Å². The van der Waals surface area contributed by atoms with Crippen LogP contribution in [0.25, 0.3) is 0 Å². The average Bonchev–Trinajstić information content (AvgIpc) is 3.13. The van der Waals surface area contributed by atoms with E-state index in [1.807, 2.05) is 30.3 Å². The Hall–Kier alpha value is -1.98. The van der Waals surface area contributed by atoms with Gasteiger partial charge in [0.15, 0.2) is 20.3 Å². The normalized spacial score (nSPS) is 20.5. The van der Waals surface area contributed by atoms with Crippen LogP contribution in [0.5, 0.6) is 0 Å². The molecule has 198 valence electrons. The first kappa shape index (κ1) is 29.2. The summed E-state index contributed by atoms with van der Waals surface area (Å²) in [5.41, 5.74) is 0.948. The molecule has 2 amide bonds. The maximum absolute atomic E-state index is 13.5. The predicted molar refractivity (Wildman–Crippen MR) is 135 cm³/mol. The topological polar surface area (TPSA) is 104 Å². The minimum atomic E-state index is -2.23. The Morgan fingerprint density at radius 1 is 1.17 bits per heavy atom. The number of nitrogens with one attached hydrogen (secondary N) is 2. The molecule has 1 saturated heterocycles. The number of carbonyl (C=O) groups excluding carboxylic acids is 2. The maximum atomic E-state index is 13.5. The van der Waals surface area contributed by atoms with E-state index in [0.29, 0.717) is 0 Å². The second-order valence-corrected chi connectivity index (χ2v) is 15.5. The lowest BCUT2D eigenvalue weighted by molar-refractivity contribution is -0.165. The fraction of sp³-hybridized carbons (Fsp3) is 0.680. The second-order valence-electron chi connectivity index (χ2n) is 10.8. The molecule has 10 heteroatoms. The van der Waals surface area contributed by atoms with Crippen LogP contribution >= 0.6 is 0 Å². The van der Waals surface area contributed by atoms with Crippen molar-refractivity contribution >= 4 is 20.3 Å². The van der Waals surface area contributed by atoms with Gasteiger partial charge >= 0.3 is 6.09 Å². The van der Waals surface area contributed by atoms with Crippen molar-refractivity contribution in [1.82, 2.24) is 10.6 Å². The van der Waals surface area contributed by atoms with Crippen LogP contribution in [0.15, 0.2) is 30.3 Å². The van der Waals surface area contributed by atoms with Gasteiger partial charge in [-0.1, -0.05) is 51.1 Å². The van der Waals surface area contributed by atoms with Crippen LogP contribution in [0, 0.1) is 0 Å². The van der Waals surface area contributed by atoms with E-state index in [1.54, 1.807) is 20.8 Å². The van der Waals surface area contributed by atoms with E-state index in [-0.39, 0.29) is 18.3 Å². The number of benzene rings is 1. The van der Waals surface area contributed by atoms with Crippen molar-refractivity contribution < 1.29 is 33.0 Å². The monoisotopic (exact) mass is 510 g/mol. The first-order valence-electron chi connectivity index (χ1n) is 11.9. The SMILES string of the molecule is COC(=O)NC(C(=O)NC(OCc1ccccc1)C1COC(C)(C)O1)C(C)O[Si](C)(C)C(C)(C)C. The standard InChI is InChI=1S/C25H42N2O7Si/c1-17(34-35(8,9)24(2,3)4)20(26-23(29)30-7)21(28)27-22(19-16-32-25(5,6)33-19)31-15-18-13-11-10-12-14-18/h10-14,17,19-20,22H,15-16H2,1-9H3,(H,26,29)(H,27,28). The highest BCUT2D eigenvalue weighted by atomic mass is 28.4. The van der Waals surface area contributed by atoms with E-state index in [4.69, 9.17) is 23.4 Å². The molecule has 0 aliphatic carbocycles. The van der Waals surface area contributed by atoms with E-state index in [2.05, 4.69) is 44.5 Å². The summed E-state index contributed by atoms with van der Waals surface area (Å²) in [6, 6.07) is 8.62. The molecule has 1 aromatic rings. The Labute approximate surface area is 210 Å². The van der Waals surface area contributed by atoms with Gasteiger partial charge in [-0.15, -0.1) is 0 Å². The van der Waals surface area contributed by atoms with Gasteiger partial charge in [-0.2, -0.15) is 0 Å². The van der Waals surface area contributed by atoms with Crippen molar-refractivity contribution in [1.29, 1.82) is 0 Å². The van der Waals surface area contributed by atoms with Gasteiger partial charge in [0.05, 0.1) is 26.4 Å². The van der Waals surface area contributed by atoms with E-state index < -0.39 is 50.6 Å². The molecule has 2 N–H and O–H groups in total. The fourth-order valence-corrected chi connectivity index (χ4v) is 4.81. The molecule has 9 nitrogen and oxygen atoms in total. The molecule has 4 unspecified atom stereocenters. The van der Waals surface area contributed by atoms with E-state index in [1.165, 1.54) is 7.11 Å². The highest BCUT2D eigenvalue weighted by molar-refractivity contribution is 6.74. The van der Waals surface area contributed by atoms with Gasteiger partial charge in [-0.05, 0) is 44.5 Å². The molecule has 0 spiro atoms. The summed E-state index contributed by atoms with van der Waals surface area (Å²) in [6.07, 6.45) is -2.68. The molecule has 1 heterocycles. The second kappa shape index (κ2) is 11.8. The van der Waals surface area contributed by atoms with Crippen molar-refractivity contribution in [2.24, 2.45) is 0 Å². The van der Waals surface area contributed by atoms with Gasteiger partial charge in [0, 0.05) is 0 Å². The fourth-order valence-electron chi connectivity index (χ4n) is 3.39. The molecular weight excluding hydrogens is 468 g/mol. The number of ether oxygens (including phenoxy) is 4. The van der Waals surface area contributed by atoms with Crippen LogP contribution < -0.4 is 10.6 Å². The number of hydrogen-bond donors (Lipinski definition) is 2. The summed E-state index contributed by atoms with van der Waals surface area (Å²) >= 11 is 0. The minimum Gasteiger partial charge on any atom is -0.453 e. The molecule has 2 rings (SSSR count).